The minimum Gasteiger partial charge on any atom is -0.376 e. The molecular weight excluding hydrogens is 348 g/mol. The zero-order valence-electron chi connectivity index (χ0n) is 15.4. The van der Waals surface area contributed by atoms with Crippen LogP contribution in [0.15, 0.2) is 51.9 Å². The Balaban J connectivity index is 1.65. The predicted molar refractivity (Wildman–Crippen MR) is 99.0 cm³/mol. The summed E-state index contributed by atoms with van der Waals surface area (Å²) in [6.45, 7) is -0.0219. The van der Waals surface area contributed by atoms with Crippen molar-refractivity contribution < 1.29 is 9.32 Å². The van der Waals surface area contributed by atoms with E-state index in [0.29, 0.717) is 17.4 Å². The molecule has 0 unspecified atom stereocenters. The zero-order valence-corrected chi connectivity index (χ0v) is 15.4. The molecule has 27 heavy (non-hydrogen) atoms. The summed E-state index contributed by atoms with van der Waals surface area (Å²) in [6, 6.07) is 10.8. The van der Waals surface area contributed by atoms with E-state index in [1.54, 1.807) is 18.1 Å². The number of amides is 1. The van der Waals surface area contributed by atoms with Gasteiger partial charge in [0.05, 0.1) is 18.4 Å². The zero-order chi connectivity index (χ0) is 19.4. The average Bonchev–Trinajstić information content (AvgIpc) is 3.12. The van der Waals surface area contributed by atoms with E-state index in [4.69, 9.17) is 4.52 Å². The molecule has 2 heterocycles. The normalized spacial score (nSPS) is 10.6. The van der Waals surface area contributed by atoms with Crippen LogP contribution in [0.25, 0.3) is 11.4 Å². The number of carbonyl (C=O) groups excluding carboxylic acids is 1. The van der Waals surface area contributed by atoms with E-state index in [1.807, 2.05) is 44.4 Å². The van der Waals surface area contributed by atoms with Gasteiger partial charge in [-0.3, -0.25) is 9.59 Å². The van der Waals surface area contributed by atoms with Crippen LogP contribution in [0.1, 0.15) is 5.89 Å². The van der Waals surface area contributed by atoms with Crippen LogP contribution in [-0.2, 0) is 17.9 Å². The fourth-order valence-electron chi connectivity index (χ4n) is 2.35. The van der Waals surface area contributed by atoms with E-state index < -0.39 is 0 Å². The van der Waals surface area contributed by atoms with Gasteiger partial charge in [-0.25, -0.2) is 4.68 Å². The standard InChI is InChI=1S/C18H20N6O3/c1-22(2)14-9-16(25)24(19-10-14)12-17(26)23(3)11-15-20-18(21-27-15)13-7-5-4-6-8-13/h4-10H,11-12H2,1-3H3. The lowest BCUT2D eigenvalue weighted by atomic mass is 10.2. The summed E-state index contributed by atoms with van der Waals surface area (Å²) in [7, 11) is 5.23. The highest BCUT2D eigenvalue weighted by atomic mass is 16.5. The maximum Gasteiger partial charge on any atom is 0.269 e. The van der Waals surface area contributed by atoms with Crippen LogP contribution in [0.2, 0.25) is 0 Å². The second-order valence-electron chi connectivity index (χ2n) is 6.23. The maximum atomic E-state index is 12.4. The van der Waals surface area contributed by atoms with E-state index in [-0.39, 0.29) is 24.6 Å². The van der Waals surface area contributed by atoms with Gasteiger partial charge in [0.2, 0.25) is 17.6 Å². The first-order valence-electron chi connectivity index (χ1n) is 8.30. The molecule has 0 aliphatic carbocycles. The molecule has 2 aromatic heterocycles. The van der Waals surface area contributed by atoms with Crippen molar-refractivity contribution in [2.24, 2.45) is 0 Å². The summed E-state index contributed by atoms with van der Waals surface area (Å²) < 4.78 is 6.33. The SMILES string of the molecule is CN(Cc1nc(-c2ccccc2)no1)C(=O)Cn1ncc(N(C)C)cc1=O. The molecule has 0 saturated carbocycles. The molecule has 3 rings (SSSR count). The number of benzene rings is 1. The molecule has 140 valence electrons. The molecule has 1 aromatic carbocycles. The Hall–Kier alpha value is -3.49. The number of aromatic nitrogens is 4. The van der Waals surface area contributed by atoms with Crippen molar-refractivity contribution in [1.29, 1.82) is 0 Å². The number of hydrogen-bond donors (Lipinski definition) is 0. The monoisotopic (exact) mass is 368 g/mol. The van der Waals surface area contributed by atoms with Gasteiger partial charge in [-0.05, 0) is 0 Å². The lowest BCUT2D eigenvalue weighted by Gasteiger charge is -2.16. The highest BCUT2D eigenvalue weighted by Gasteiger charge is 2.16. The first-order valence-corrected chi connectivity index (χ1v) is 8.30. The summed E-state index contributed by atoms with van der Waals surface area (Å²) in [6.07, 6.45) is 1.54. The summed E-state index contributed by atoms with van der Waals surface area (Å²) in [5, 5.41) is 7.96. The molecule has 9 heteroatoms. The quantitative estimate of drug-likeness (QED) is 0.641. The van der Waals surface area contributed by atoms with Crippen LogP contribution >= 0.6 is 0 Å². The Kier molecular flexibility index (Phi) is 5.30. The predicted octanol–water partition coefficient (Wildman–Crippen LogP) is 1.02. The second-order valence-corrected chi connectivity index (χ2v) is 6.23. The molecule has 9 nitrogen and oxygen atoms in total. The molecule has 0 aliphatic heterocycles. The number of nitrogens with zero attached hydrogens (tertiary/aromatic N) is 6. The van der Waals surface area contributed by atoms with Crippen molar-refractivity contribution in [1.82, 2.24) is 24.8 Å². The van der Waals surface area contributed by atoms with Crippen molar-refractivity contribution in [3.8, 4) is 11.4 Å². The smallest absolute Gasteiger partial charge is 0.269 e. The van der Waals surface area contributed by atoms with Gasteiger partial charge in [-0.1, -0.05) is 35.5 Å². The van der Waals surface area contributed by atoms with Gasteiger partial charge in [-0.15, -0.1) is 0 Å². The van der Waals surface area contributed by atoms with Crippen molar-refractivity contribution in [2.45, 2.75) is 13.1 Å². The van der Waals surface area contributed by atoms with E-state index in [2.05, 4.69) is 15.2 Å². The topological polar surface area (TPSA) is 97.4 Å². The summed E-state index contributed by atoms with van der Waals surface area (Å²) in [4.78, 5) is 32.0. The van der Waals surface area contributed by atoms with Gasteiger partial charge < -0.3 is 14.3 Å². The first kappa shape index (κ1) is 18.3. The number of rotatable bonds is 6. The Morgan fingerprint density at radius 2 is 1.93 bits per heavy atom. The third-order valence-corrected chi connectivity index (χ3v) is 3.95. The molecule has 0 radical (unpaired) electrons. The Bertz CT molecular complexity index is 980. The third-order valence-electron chi connectivity index (χ3n) is 3.95. The fourth-order valence-corrected chi connectivity index (χ4v) is 2.35. The summed E-state index contributed by atoms with van der Waals surface area (Å²) in [5.41, 5.74) is 1.17. The lowest BCUT2D eigenvalue weighted by molar-refractivity contribution is -0.131. The van der Waals surface area contributed by atoms with Gasteiger partial charge in [0, 0.05) is 32.8 Å². The van der Waals surface area contributed by atoms with Gasteiger partial charge in [0.15, 0.2) is 0 Å². The van der Waals surface area contributed by atoms with Crippen molar-refractivity contribution in [3.63, 3.8) is 0 Å². The number of hydrogen-bond acceptors (Lipinski definition) is 7. The van der Waals surface area contributed by atoms with Gasteiger partial charge >= 0.3 is 0 Å². The van der Waals surface area contributed by atoms with Crippen LogP contribution in [0.3, 0.4) is 0 Å². The molecule has 0 spiro atoms. The van der Waals surface area contributed by atoms with Crippen molar-refractivity contribution in [2.75, 3.05) is 26.0 Å². The minimum absolute atomic E-state index is 0.142. The van der Waals surface area contributed by atoms with Crippen LogP contribution in [-0.4, -0.2) is 51.9 Å². The third kappa shape index (κ3) is 4.38. The van der Waals surface area contributed by atoms with E-state index in [0.717, 1.165) is 10.2 Å². The number of likely N-dealkylation sites (N-methyl/N-ethyl adjacent to an activating group) is 1. The Morgan fingerprint density at radius 1 is 1.19 bits per heavy atom. The largest absolute Gasteiger partial charge is 0.376 e. The summed E-state index contributed by atoms with van der Waals surface area (Å²) in [5.74, 6) is 0.484. The first-order chi connectivity index (χ1) is 12.9. The van der Waals surface area contributed by atoms with Crippen LogP contribution in [0.5, 0.6) is 0 Å². The highest BCUT2D eigenvalue weighted by Crippen LogP contribution is 2.15. The van der Waals surface area contributed by atoms with E-state index >= 15 is 0 Å². The Morgan fingerprint density at radius 3 is 2.59 bits per heavy atom. The van der Waals surface area contributed by atoms with Gasteiger partial charge in [0.1, 0.15) is 6.54 Å². The number of carbonyl (C=O) groups is 1. The molecule has 0 bridgehead atoms. The van der Waals surface area contributed by atoms with Crippen LogP contribution < -0.4 is 10.5 Å². The van der Waals surface area contributed by atoms with Gasteiger partial charge in [-0.2, -0.15) is 10.1 Å². The molecule has 3 aromatic rings. The van der Waals surface area contributed by atoms with Crippen molar-refractivity contribution >= 4 is 11.6 Å². The summed E-state index contributed by atoms with van der Waals surface area (Å²) >= 11 is 0. The molecule has 0 atom stereocenters. The fraction of sp³-hybridized carbons (Fsp3) is 0.278. The van der Waals surface area contributed by atoms with Crippen LogP contribution in [0.4, 0.5) is 5.69 Å². The molecule has 1 amide bonds. The molecule has 0 aliphatic rings. The maximum absolute atomic E-state index is 12.4. The average molecular weight is 368 g/mol. The molecular formula is C18H20N6O3. The molecule has 0 saturated heterocycles. The Labute approximate surface area is 155 Å². The van der Waals surface area contributed by atoms with Gasteiger partial charge in [0.25, 0.3) is 5.56 Å². The van der Waals surface area contributed by atoms with Crippen molar-refractivity contribution in [3.05, 3.63) is 58.8 Å². The van der Waals surface area contributed by atoms with E-state index in [9.17, 15) is 9.59 Å². The minimum atomic E-state index is -0.341. The van der Waals surface area contributed by atoms with Crippen LogP contribution in [0, 0.1) is 0 Å². The lowest BCUT2D eigenvalue weighted by Crippen LogP contribution is -2.35. The molecule has 0 fully saturated rings. The molecule has 0 N–H and O–H groups in total. The number of anilines is 1. The highest BCUT2D eigenvalue weighted by molar-refractivity contribution is 5.75. The second kappa shape index (κ2) is 7.81. The van der Waals surface area contributed by atoms with E-state index in [1.165, 1.54) is 11.0 Å².